The van der Waals surface area contributed by atoms with E-state index in [1.807, 2.05) is 4.90 Å². The lowest BCUT2D eigenvalue weighted by Gasteiger charge is -2.40. The van der Waals surface area contributed by atoms with Crippen molar-refractivity contribution < 1.29 is 19.1 Å². The minimum absolute atomic E-state index is 0.0109. The van der Waals surface area contributed by atoms with Crippen LogP contribution >= 0.6 is 0 Å². The molecule has 1 N–H and O–H groups in total. The molecule has 5 nitrogen and oxygen atoms in total. The zero-order chi connectivity index (χ0) is 18.3. The van der Waals surface area contributed by atoms with E-state index in [1.54, 1.807) is 0 Å². The number of nitrogens with zero attached hydrogens (tertiary/aromatic N) is 1. The SMILES string of the molecule is C[Si](C)OC(C1CCC(=O)N1CCCCCCC(=O)O)C(C)(C)C. The first-order valence-corrected chi connectivity index (χ1v) is 11.5. The Bertz CT molecular complexity index is 420. The van der Waals surface area contributed by atoms with E-state index in [-0.39, 0.29) is 29.9 Å². The minimum atomic E-state index is -0.826. The van der Waals surface area contributed by atoms with E-state index in [4.69, 9.17) is 9.53 Å². The molecule has 24 heavy (non-hydrogen) atoms. The highest BCUT2D eigenvalue weighted by atomic mass is 28.3. The lowest BCUT2D eigenvalue weighted by molar-refractivity contribution is -0.137. The van der Waals surface area contributed by atoms with Crippen LogP contribution in [0.2, 0.25) is 13.1 Å². The lowest BCUT2D eigenvalue weighted by atomic mass is 9.84. The number of carbonyl (C=O) groups excluding carboxylic acids is 1. The van der Waals surface area contributed by atoms with Crippen molar-refractivity contribution in [2.24, 2.45) is 5.41 Å². The number of hydrogen-bond donors (Lipinski definition) is 1. The Morgan fingerprint density at radius 2 is 1.92 bits per heavy atom. The van der Waals surface area contributed by atoms with Crippen LogP contribution in [0, 0.1) is 5.41 Å². The summed E-state index contributed by atoms with van der Waals surface area (Å²) in [5, 5.41) is 8.66. The van der Waals surface area contributed by atoms with Crippen LogP contribution in [-0.4, -0.2) is 49.6 Å². The molecular formula is C18H34NO4Si. The van der Waals surface area contributed by atoms with Gasteiger partial charge in [0.1, 0.15) is 0 Å². The van der Waals surface area contributed by atoms with Gasteiger partial charge in [-0.1, -0.05) is 33.6 Å². The summed E-state index contributed by atoms with van der Waals surface area (Å²) < 4.78 is 6.29. The number of hydrogen-bond acceptors (Lipinski definition) is 3. The van der Waals surface area contributed by atoms with Crippen LogP contribution in [0.25, 0.3) is 0 Å². The highest BCUT2D eigenvalue weighted by molar-refractivity contribution is 6.48. The molecule has 1 radical (unpaired) electrons. The van der Waals surface area contributed by atoms with E-state index < -0.39 is 15.0 Å². The first kappa shape index (κ1) is 21.2. The average Bonchev–Trinajstić information content (AvgIpc) is 2.79. The molecule has 0 bridgehead atoms. The molecule has 6 heteroatoms. The van der Waals surface area contributed by atoms with E-state index in [0.717, 1.165) is 38.6 Å². The maximum absolute atomic E-state index is 12.3. The number of rotatable bonds is 10. The molecule has 0 aliphatic carbocycles. The molecular weight excluding hydrogens is 322 g/mol. The van der Waals surface area contributed by atoms with Gasteiger partial charge in [0.2, 0.25) is 14.9 Å². The fourth-order valence-electron chi connectivity index (χ4n) is 3.36. The summed E-state index contributed by atoms with van der Waals surface area (Å²) in [6.07, 6.45) is 5.37. The van der Waals surface area contributed by atoms with Gasteiger partial charge in [-0.2, -0.15) is 0 Å². The molecule has 1 saturated heterocycles. The second-order valence-electron chi connectivity index (χ2n) is 8.06. The van der Waals surface area contributed by atoms with Crippen molar-refractivity contribution in [1.29, 1.82) is 0 Å². The largest absolute Gasteiger partial charge is 0.481 e. The summed E-state index contributed by atoms with van der Waals surface area (Å²) >= 11 is 0. The van der Waals surface area contributed by atoms with Crippen molar-refractivity contribution in [2.45, 2.75) is 91.0 Å². The molecule has 0 aromatic carbocycles. The quantitative estimate of drug-likeness (QED) is 0.479. The fraction of sp³-hybridized carbons (Fsp3) is 0.889. The average molecular weight is 357 g/mol. The highest BCUT2D eigenvalue weighted by Gasteiger charge is 2.42. The fourth-order valence-corrected chi connectivity index (χ4v) is 4.38. The molecule has 1 aliphatic rings. The normalized spacial score (nSPS) is 20.0. The zero-order valence-electron chi connectivity index (χ0n) is 15.9. The van der Waals surface area contributed by atoms with Gasteiger partial charge in [0.15, 0.2) is 0 Å². The van der Waals surface area contributed by atoms with Crippen molar-refractivity contribution in [3.05, 3.63) is 0 Å². The number of unbranched alkanes of at least 4 members (excludes halogenated alkanes) is 3. The maximum Gasteiger partial charge on any atom is 0.303 e. The summed E-state index contributed by atoms with van der Waals surface area (Å²) in [6, 6.07) is 0.177. The molecule has 1 amide bonds. The Kier molecular flexibility index (Phi) is 8.43. The van der Waals surface area contributed by atoms with Crippen molar-refractivity contribution in [3.8, 4) is 0 Å². The summed E-state index contributed by atoms with van der Waals surface area (Å²) in [5.41, 5.74) is 0.0109. The van der Waals surface area contributed by atoms with Gasteiger partial charge in [-0.3, -0.25) is 9.59 Å². The molecule has 0 spiro atoms. The van der Waals surface area contributed by atoms with Gasteiger partial charge in [-0.15, -0.1) is 0 Å². The predicted molar refractivity (Wildman–Crippen MR) is 97.3 cm³/mol. The Balaban J connectivity index is 2.56. The molecule has 1 fully saturated rings. The van der Waals surface area contributed by atoms with Gasteiger partial charge in [-0.05, 0) is 37.8 Å². The minimum Gasteiger partial charge on any atom is -0.481 e. The van der Waals surface area contributed by atoms with Crippen LogP contribution in [-0.2, 0) is 14.0 Å². The second-order valence-corrected chi connectivity index (χ2v) is 10.1. The van der Waals surface area contributed by atoms with Crippen LogP contribution in [0.1, 0.15) is 65.7 Å². The first-order chi connectivity index (χ1) is 11.1. The number of carboxylic acids is 1. The molecule has 0 aromatic heterocycles. The smallest absolute Gasteiger partial charge is 0.303 e. The Morgan fingerprint density at radius 3 is 2.46 bits per heavy atom. The molecule has 2 unspecified atom stereocenters. The highest BCUT2D eigenvalue weighted by Crippen LogP contribution is 2.34. The molecule has 1 heterocycles. The van der Waals surface area contributed by atoms with E-state index in [0.29, 0.717) is 6.42 Å². The van der Waals surface area contributed by atoms with E-state index in [9.17, 15) is 9.59 Å². The third-order valence-electron chi connectivity index (χ3n) is 4.48. The maximum atomic E-state index is 12.3. The van der Waals surface area contributed by atoms with Crippen molar-refractivity contribution in [1.82, 2.24) is 4.90 Å². The van der Waals surface area contributed by atoms with Crippen LogP contribution in [0.3, 0.4) is 0 Å². The number of carbonyl (C=O) groups is 2. The van der Waals surface area contributed by atoms with Gasteiger partial charge in [0.25, 0.3) is 0 Å². The van der Waals surface area contributed by atoms with E-state index in [1.165, 1.54) is 0 Å². The third-order valence-corrected chi connectivity index (χ3v) is 5.21. The first-order valence-electron chi connectivity index (χ1n) is 9.11. The van der Waals surface area contributed by atoms with Crippen molar-refractivity contribution in [2.75, 3.05) is 6.54 Å². The summed E-state index contributed by atoms with van der Waals surface area (Å²) in [4.78, 5) is 24.9. The zero-order valence-corrected chi connectivity index (χ0v) is 16.9. The Hall–Kier alpha value is -0.883. The summed E-state index contributed by atoms with van der Waals surface area (Å²) in [6.45, 7) is 11.6. The van der Waals surface area contributed by atoms with E-state index in [2.05, 4.69) is 33.9 Å². The summed E-state index contributed by atoms with van der Waals surface area (Å²) in [7, 11) is -0.826. The van der Waals surface area contributed by atoms with Crippen LogP contribution in [0.5, 0.6) is 0 Å². The number of aliphatic carboxylic acids is 1. The molecule has 139 valence electrons. The number of amides is 1. The standard InChI is InChI=1S/C18H34NO4Si/c1-18(2,3)17(23-24(4)5)14-11-12-15(20)19(14)13-9-7-6-8-10-16(21)22/h14,17H,6-13H2,1-5H3,(H,21,22). The van der Waals surface area contributed by atoms with E-state index >= 15 is 0 Å². The Morgan fingerprint density at radius 1 is 1.29 bits per heavy atom. The van der Waals surface area contributed by atoms with Gasteiger partial charge in [-0.25, -0.2) is 0 Å². The third kappa shape index (κ3) is 6.93. The Labute approximate surface area is 148 Å². The molecule has 2 atom stereocenters. The lowest BCUT2D eigenvalue weighted by Crippen LogP contribution is -2.50. The van der Waals surface area contributed by atoms with Gasteiger partial charge in [0.05, 0.1) is 12.1 Å². The summed E-state index contributed by atoms with van der Waals surface area (Å²) in [5.74, 6) is -0.490. The van der Waals surface area contributed by atoms with Gasteiger partial charge in [0, 0.05) is 19.4 Å². The van der Waals surface area contributed by atoms with Gasteiger partial charge < -0.3 is 14.4 Å². The molecule has 1 rings (SSSR count). The molecule has 0 aromatic rings. The van der Waals surface area contributed by atoms with Gasteiger partial charge >= 0.3 is 5.97 Å². The second kappa shape index (κ2) is 9.56. The van der Waals surface area contributed by atoms with Crippen molar-refractivity contribution in [3.63, 3.8) is 0 Å². The van der Waals surface area contributed by atoms with Crippen LogP contribution in [0.15, 0.2) is 0 Å². The molecule has 1 aliphatic heterocycles. The predicted octanol–water partition coefficient (Wildman–Crippen LogP) is 3.69. The topological polar surface area (TPSA) is 66.8 Å². The monoisotopic (exact) mass is 356 g/mol. The number of carboxylic acid groups (broad SMARTS) is 1. The van der Waals surface area contributed by atoms with Crippen molar-refractivity contribution >= 4 is 20.9 Å². The molecule has 0 saturated carbocycles. The van der Waals surface area contributed by atoms with Crippen LogP contribution in [0.4, 0.5) is 0 Å². The van der Waals surface area contributed by atoms with Crippen LogP contribution < -0.4 is 0 Å². The number of likely N-dealkylation sites (tertiary alicyclic amines) is 1.